The topological polar surface area (TPSA) is 73.1 Å². The summed E-state index contributed by atoms with van der Waals surface area (Å²) >= 11 is 0. The maximum absolute atomic E-state index is 11.4. The molecule has 1 saturated carbocycles. The normalized spacial score (nSPS) is 13.0. The first-order valence-corrected chi connectivity index (χ1v) is 7.08. The van der Waals surface area contributed by atoms with E-state index in [-0.39, 0.29) is 33.0 Å². The molecule has 1 aliphatic carbocycles. The summed E-state index contributed by atoms with van der Waals surface area (Å²) in [5.41, 5.74) is 1.21. The first kappa shape index (κ1) is 18.8. The van der Waals surface area contributed by atoms with Gasteiger partial charge in [0.2, 0.25) is 0 Å². The second kappa shape index (κ2) is 9.70. The molecule has 0 amide bonds. The Morgan fingerprint density at radius 1 is 1.45 bits per heavy atom. The first-order valence-electron chi connectivity index (χ1n) is 7.08. The molecule has 1 aliphatic rings. The minimum Gasteiger partial charge on any atom is -0.461 e. The van der Waals surface area contributed by atoms with Crippen molar-refractivity contribution in [3.8, 4) is 0 Å². The molecule has 0 saturated heterocycles. The fourth-order valence-electron chi connectivity index (χ4n) is 1.74. The summed E-state index contributed by atoms with van der Waals surface area (Å²) in [5, 5.41) is 8.22. The zero-order valence-electron chi connectivity index (χ0n) is 12.4. The van der Waals surface area contributed by atoms with Gasteiger partial charge < -0.3 is 14.6 Å². The van der Waals surface area contributed by atoms with Crippen LogP contribution >= 0.6 is 0 Å². The number of hydrogen-bond acceptors (Lipinski definition) is 5. The Bertz CT molecular complexity index is 584. The number of fused-ring (bicyclic) bond motifs is 1. The first-order chi connectivity index (χ1) is 10.3. The van der Waals surface area contributed by atoms with E-state index in [1.165, 1.54) is 19.0 Å². The molecule has 2 aromatic heterocycles. The summed E-state index contributed by atoms with van der Waals surface area (Å²) in [6, 6.07) is 5.55. The zero-order chi connectivity index (χ0) is 15.1. The van der Waals surface area contributed by atoms with Crippen molar-refractivity contribution in [2.45, 2.75) is 25.9 Å². The van der Waals surface area contributed by atoms with Crippen LogP contribution < -0.4 is 0 Å². The van der Waals surface area contributed by atoms with E-state index in [0.717, 1.165) is 5.65 Å². The standard InChI is InChI=1S/C10H10N2O2.C5H10O2.Pd/c1-2-14-10(13)8-7-11-9-5-3-4-6-12(8)9;6-3-4-7-5-1-2-5;/h3-7H,2H2,1H3;5-6H,1-4H2;. The SMILES string of the molecule is CCOC(=O)c1cnc2ccccn12.OCCOC1CC1.[Pd]. The van der Waals surface area contributed by atoms with E-state index in [2.05, 4.69) is 4.98 Å². The molecule has 0 aliphatic heterocycles. The van der Waals surface area contributed by atoms with Crippen LogP contribution in [0.2, 0.25) is 0 Å². The Hall–Kier alpha value is -1.26. The van der Waals surface area contributed by atoms with Crippen molar-refractivity contribution in [2.75, 3.05) is 19.8 Å². The van der Waals surface area contributed by atoms with Gasteiger partial charge in [-0.1, -0.05) is 6.07 Å². The third-order valence-electron chi connectivity index (χ3n) is 2.87. The van der Waals surface area contributed by atoms with Crippen molar-refractivity contribution >= 4 is 11.6 Å². The second-order valence-corrected chi connectivity index (χ2v) is 4.59. The average molecular weight is 399 g/mol. The summed E-state index contributed by atoms with van der Waals surface area (Å²) in [5.74, 6) is -0.341. The molecule has 0 atom stereocenters. The summed E-state index contributed by atoms with van der Waals surface area (Å²) in [6.45, 7) is 2.83. The van der Waals surface area contributed by atoms with Crippen molar-refractivity contribution in [1.82, 2.24) is 9.38 Å². The Balaban J connectivity index is 0.000000258. The Morgan fingerprint density at radius 2 is 2.23 bits per heavy atom. The van der Waals surface area contributed by atoms with Gasteiger partial charge in [0.1, 0.15) is 5.65 Å². The number of carbonyl (C=O) groups is 1. The summed E-state index contributed by atoms with van der Waals surface area (Å²) in [4.78, 5) is 15.5. The van der Waals surface area contributed by atoms with Crippen LogP contribution in [0, 0.1) is 0 Å². The number of rotatable bonds is 5. The van der Waals surface area contributed by atoms with E-state index < -0.39 is 0 Å². The van der Waals surface area contributed by atoms with Gasteiger partial charge in [0.15, 0.2) is 5.69 Å². The molecule has 124 valence electrons. The fraction of sp³-hybridized carbons (Fsp3) is 0.467. The maximum atomic E-state index is 11.4. The van der Waals surface area contributed by atoms with Gasteiger partial charge in [0.25, 0.3) is 0 Å². The summed E-state index contributed by atoms with van der Waals surface area (Å²) in [6.07, 6.45) is 6.19. The van der Waals surface area contributed by atoms with Crippen molar-refractivity contribution in [3.63, 3.8) is 0 Å². The Labute approximate surface area is 143 Å². The molecule has 0 radical (unpaired) electrons. The molecule has 6 nitrogen and oxygen atoms in total. The molecule has 2 aromatic rings. The number of carbonyl (C=O) groups excluding carboxylic acids is 1. The third-order valence-corrected chi connectivity index (χ3v) is 2.87. The number of ether oxygens (including phenoxy) is 2. The minimum atomic E-state index is -0.341. The molecule has 7 heteroatoms. The average Bonchev–Trinajstić information content (AvgIpc) is 3.23. The van der Waals surface area contributed by atoms with E-state index in [1.54, 1.807) is 17.5 Å². The number of aromatic nitrogens is 2. The van der Waals surface area contributed by atoms with Crippen LogP contribution in [0.15, 0.2) is 30.6 Å². The van der Waals surface area contributed by atoms with Gasteiger partial charge in [-0.05, 0) is 31.9 Å². The smallest absolute Gasteiger partial charge is 0.356 e. The van der Waals surface area contributed by atoms with Crippen LogP contribution in [0.1, 0.15) is 30.3 Å². The number of hydrogen-bond donors (Lipinski definition) is 1. The number of esters is 1. The van der Waals surface area contributed by atoms with E-state index in [4.69, 9.17) is 14.6 Å². The largest absolute Gasteiger partial charge is 0.461 e. The number of pyridine rings is 1. The van der Waals surface area contributed by atoms with Crippen molar-refractivity contribution in [3.05, 3.63) is 36.3 Å². The van der Waals surface area contributed by atoms with Crippen molar-refractivity contribution in [2.24, 2.45) is 0 Å². The Morgan fingerprint density at radius 3 is 2.86 bits per heavy atom. The monoisotopic (exact) mass is 398 g/mol. The maximum Gasteiger partial charge on any atom is 0.356 e. The minimum absolute atomic E-state index is 0. The number of aliphatic hydroxyl groups is 1. The molecule has 2 heterocycles. The number of imidazole rings is 1. The molecular weight excluding hydrogens is 379 g/mol. The van der Waals surface area contributed by atoms with E-state index >= 15 is 0 Å². The van der Waals surface area contributed by atoms with Gasteiger partial charge in [-0.2, -0.15) is 0 Å². The molecule has 3 rings (SSSR count). The molecule has 0 aromatic carbocycles. The number of nitrogens with zero attached hydrogens (tertiary/aromatic N) is 2. The Kier molecular flexibility index (Phi) is 8.28. The zero-order valence-corrected chi connectivity index (χ0v) is 13.9. The molecule has 0 spiro atoms. The second-order valence-electron chi connectivity index (χ2n) is 4.59. The molecular formula is C15H20N2O4Pd. The van der Waals surface area contributed by atoms with Gasteiger partial charge in [-0.3, -0.25) is 4.40 Å². The fourth-order valence-corrected chi connectivity index (χ4v) is 1.74. The van der Waals surface area contributed by atoms with E-state index in [1.807, 2.05) is 18.2 Å². The third kappa shape index (κ3) is 5.50. The van der Waals surface area contributed by atoms with Gasteiger partial charge in [0, 0.05) is 26.6 Å². The van der Waals surface area contributed by atoms with E-state index in [9.17, 15) is 4.79 Å². The quantitative estimate of drug-likeness (QED) is 0.612. The van der Waals surface area contributed by atoms with Gasteiger partial charge >= 0.3 is 5.97 Å². The van der Waals surface area contributed by atoms with Crippen LogP contribution in [-0.4, -0.2) is 46.4 Å². The molecule has 22 heavy (non-hydrogen) atoms. The predicted octanol–water partition coefficient (Wildman–Crippen LogP) is 1.67. The molecule has 1 fully saturated rings. The van der Waals surface area contributed by atoms with Crippen LogP contribution in [-0.2, 0) is 29.9 Å². The summed E-state index contributed by atoms with van der Waals surface area (Å²) < 4.78 is 11.7. The van der Waals surface area contributed by atoms with Gasteiger partial charge in [-0.25, -0.2) is 9.78 Å². The number of aliphatic hydroxyl groups excluding tert-OH is 1. The van der Waals surface area contributed by atoms with Crippen LogP contribution in [0.25, 0.3) is 5.65 Å². The van der Waals surface area contributed by atoms with Crippen LogP contribution in [0.5, 0.6) is 0 Å². The van der Waals surface area contributed by atoms with Gasteiger partial charge in [-0.15, -0.1) is 0 Å². The predicted molar refractivity (Wildman–Crippen MR) is 77.2 cm³/mol. The van der Waals surface area contributed by atoms with Crippen LogP contribution in [0.4, 0.5) is 0 Å². The summed E-state index contributed by atoms with van der Waals surface area (Å²) in [7, 11) is 0. The molecule has 0 bridgehead atoms. The van der Waals surface area contributed by atoms with Gasteiger partial charge in [0.05, 0.1) is 32.1 Å². The van der Waals surface area contributed by atoms with Crippen molar-refractivity contribution in [1.29, 1.82) is 0 Å². The van der Waals surface area contributed by atoms with Crippen molar-refractivity contribution < 1.29 is 39.8 Å². The molecule has 0 unspecified atom stereocenters. The van der Waals surface area contributed by atoms with Crippen LogP contribution in [0.3, 0.4) is 0 Å². The van der Waals surface area contributed by atoms with E-state index in [0.29, 0.717) is 25.0 Å². The molecule has 1 N–H and O–H groups in total.